The van der Waals surface area contributed by atoms with Crippen LogP contribution in [0.3, 0.4) is 0 Å². The number of fused-ring (bicyclic) bond motifs is 3. The highest BCUT2D eigenvalue weighted by Crippen LogP contribution is 2.44. The zero-order valence-corrected chi connectivity index (χ0v) is 18.9. The lowest BCUT2D eigenvalue weighted by atomic mass is 9.98. The number of aromatic carboxylic acids is 1. The molecule has 0 fully saturated rings. The first-order chi connectivity index (χ1) is 16.9. The summed E-state index contributed by atoms with van der Waals surface area (Å²) >= 11 is 0. The molecule has 4 N–H and O–H groups in total. The van der Waals surface area contributed by atoms with Crippen molar-refractivity contribution >= 4 is 23.7 Å². The zero-order valence-electron chi connectivity index (χ0n) is 18.9. The highest BCUT2D eigenvalue weighted by atomic mass is 16.5. The Labute approximate surface area is 201 Å². The average molecular weight is 476 g/mol. The van der Waals surface area contributed by atoms with Crippen LogP contribution in [0.2, 0.25) is 0 Å². The molecule has 0 saturated carbocycles. The summed E-state index contributed by atoms with van der Waals surface area (Å²) < 4.78 is 10.5. The molecule has 0 heterocycles. The predicted molar refractivity (Wildman–Crippen MR) is 128 cm³/mol. The number of methoxy groups -OCH3 is 1. The van der Waals surface area contributed by atoms with Gasteiger partial charge in [0.05, 0.1) is 17.9 Å². The van der Waals surface area contributed by atoms with Gasteiger partial charge in [-0.05, 0) is 40.5 Å². The molecule has 0 spiro atoms. The van der Waals surface area contributed by atoms with Gasteiger partial charge < -0.3 is 30.3 Å². The Balaban J connectivity index is 1.43. The Morgan fingerprint density at radius 3 is 2.20 bits per heavy atom. The van der Waals surface area contributed by atoms with Crippen molar-refractivity contribution in [2.45, 2.75) is 12.0 Å². The van der Waals surface area contributed by atoms with Crippen molar-refractivity contribution in [3.63, 3.8) is 0 Å². The molecule has 9 heteroatoms. The molecule has 35 heavy (non-hydrogen) atoms. The second-order valence-corrected chi connectivity index (χ2v) is 8.00. The van der Waals surface area contributed by atoms with Crippen LogP contribution in [0, 0.1) is 0 Å². The summed E-state index contributed by atoms with van der Waals surface area (Å²) in [5, 5.41) is 23.8. The molecule has 2 amide bonds. The number of carboxylic acids is 1. The number of phenolic OH excluding ortho intramolecular Hbond substituents is 1. The van der Waals surface area contributed by atoms with E-state index in [2.05, 4.69) is 10.6 Å². The van der Waals surface area contributed by atoms with Crippen molar-refractivity contribution in [1.82, 2.24) is 5.32 Å². The minimum atomic E-state index is -1.33. The first-order valence-electron chi connectivity index (χ1n) is 10.9. The molecule has 0 aromatic heterocycles. The summed E-state index contributed by atoms with van der Waals surface area (Å²) in [5.41, 5.74) is 3.97. The van der Waals surface area contributed by atoms with Crippen molar-refractivity contribution in [3.05, 3.63) is 83.4 Å². The number of aromatic hydroxyl groups is 1. The average Bonchev–Trinajstić information content (AvgIpc) is 3.17. The lowest BCUT2D eigenvalue weighted by Crippen LogP contribution is -2.47. The van der Waals surface area contributed by atoms with E-state index in [1.165, 1.54) is 19.2 Å². The number of carboxylic acid groups (broad SMARTS) is 1. The molecule has 0 radical (unpaired) electrons. The van der Waals surface area contributed by atoms with Gasteiger partial charge in [0.1, 0.15) is 18.4 Å². The number of nitrogens with one attached hydrogen (secondary N) is 2. The van der Waals surface area contributed by atoms with Gasteiger partial charge in [-0.2, -0.15) is 0 Å². The van der Waals surface area contributed by atoms with Gasteiger partial charge in [-0.25, -0.2) is 9.59 Å². The lowest BCUT2D eigenvalue weighted by Gasteiger charge is -2.19. The summed E-state index contributed by atoms with van der Waals surface area (Å²) in [5.74, 6) is -2.43. The van der Waals surface area contributed by atoms with Crippen LogP contribution in [0.25, 0.3) is 11.1 Å². The standard InChI is InChI=1S/C26H24N2O7/c1-34-14-23(24(30)27-22-11-10-15(29)12-20(22)25(31)32)28-26(33)35-13-21-18-8-4-2-6-16(18)17-7-3-5-9-19(17)21/h2-12,21,23,29H,13-14H2,1H3,(H,27,30)(H,28,33)(H,31,32)/t23-/m0/s1. The molecule has 3 aromatic rings. The van der Waals surface area contributed by atoms with Crippen molar-refractivity contribution in [2.24, 2.45) is 0 Å². The third-order valence-corrected chi connectivity index (χ3v) is 5.78. The van der Waals surface area contributed by atoms with Crippen LogP contribution in [0.5, 0.6) is 5.75 Å². The summed E-state index contributed by atoms with van der Waals surface area (Å²) in [6.45, 7) is -0.0984. The van der Waals surface area contributed by atoms with Gasteiger partial charge in [-0.3, -0.25) is 4.79 Å². The second-order valence-electron chi connectivity index (χ2n) is 8.00. The number of carbonyl (C=O) groups is 3. The number of amides is 2. The van der Waals surface area contributed by atoms with Gasteiger partial charge in [0, 0.05) is 13.0 Å². The van der Waals surface area contributed by atoms with Gasteiger partial charge in [0.25, 0.3) is 0 Å². The minimum Gasteiger partial charge on any atom is -0.508 e. The van der Waals surface area contributed by atoms with Crippen LogP contribution in [-0.2, 0) is 14.3 Å². The molecule has 0 saturated heterocycles. The number of phenols is 1. The van der Waals surface area contributed by atoms with Gasteiger partial charge in [0.15, 0.2) is 0 Å². The van der Waals surface area contributed by atoms with E-state index in [0.29, 0.717) is 0 Å². The quantitative estimate of drug-likeness (QED) is 0.365. The van der Waals surface area contributed by atoms with E-state index in [9.17, 15) is 24.6 Å². The second kappa shape index (κ2) is 10.3. The Hall–Kier alpha value is -4.37. The van der Waals surface area contributed by atoms with E-state index in [1.54, 1.807) is 0 Å². The molecule has 0 bridgehead atoms. The van der Waals surface area contributed by atoms with E-state index in [4.69, 9.17) is 9.47 Å². The number of carbonyl (C=O) groups excluding carboxylic acids is 2. The van der Waals surface area contributed by atoms with Crippen LogP contribution in [0.15, 0.2) is 66.7 Å². The van der Waals surface area contributed by atoms with Crippen LogP contribution >= 0.6 is 0 Å². The summed E-state index contributed by atoms with van der Waals surface area (Å²) in [7, 11) is 1.36. The van der Waals surface area contributed by atoms with E-state index >= 15 is 0 Å². The highest BCUT2D eigenvalue weighted by Gasteiger charge is 2.30. The maximum absolute atomic E-state index is 12.8. The molecule has 1 aliphatic carbocycles. The van der Waals surface area contributed by atoms with Crippen LogP contribution in [0.1, 0.15) is 27.4 Å². The fraction of sp³-hybridized carbons (Fsp3) is 0.192. The fourth-order valence-electron chi connectivity index (χ4n) is 4.17. The van der Waals surface area contributed by atoms with Gasteiger partial charge in [-0.1, -0.05) is 48.5 Å². The number of anilines is 1. The Morgan fingerprint density at radius 1 is 0.971 bits per heavy atom. The topological polar surface area (TPSA) is 134 Å². The Morgan fingerprint density at radius 2 is 1.60 bits per heavy atom. The Kier molecular flexibility index (Phi) is 6.98. The van der Waals surface area contributed by atoms with Crippen molar-refractivity contribution < 1.29 is 34.1 Å². The number of hydrogen-bond acceptors (Lipinski definition) is 6. The fourth-order valence-corrected chi connectivity index (χ4v) is 4.17. The summed E-state index contributed by atoms with van der Waals surface area (Å²) in [4.78, 5) is 36.8. The smallest absolute Gasteiger partial charge is 0.407 e. The van der Waals surface area contributed by atoms with Crippen LogP contribution in [-0.4, -0.2) is 54.5 Å². The molecule has 3 aromatic carbocycles. The Bertz CT molecular complexity index is 1230. The van der Waals surface area contributed by atoms with Crippen LogP contribution < -0.4 is 10.6 Å². The maximum Gasteiger partial charge on any atom is 0.407 e. The minimum absolute atomic E-state index is 0.0317. The molecular formula is C26H24N2O7. The third-order valence-electron chi connectivity index (χ3n) is 5.78. The lowest BCUT2D eigenvalue weighted by molar-refractivity contribution is -0.119. The molecule has 1 atom stereocenters. The van der Waals surface area contributed by atoms with Crippen molar-refractivity contribution in [1.29, 1.82) is 0 Å². The number of hydrogen-bond donors (Lipinski definition) is 4. The molecular weight excluding hydrogens is 452 g/mol. The first-order valence-corrected chi connectivity index (χ1v) is 10.9. The van der Waals surface area contributed by atoms with Gasteiger partial charge in [-0.15, -0.1) is 0 Å². The van der Waals surface area contributed by atoms with Crippen molar-refractivity contribution in [2.75, 3.05) is 25.6 Å². The molecule has 9 nitrogen and oxygen atoms in total. The number of ether oxygens (including phenoxy) is 2. The first kappa shape index (κ1) is 23.8. The number of rotatable bonds is 8. The van der Waals surface area contributed by atoms with E-state index in [1.807, 2.05) is 48.5 Å². The van der Waals surface area contributed by atoms with E-state index in [0.717, 1.165) is 28.3 Å². The van der Waals surface area contributed by atoms with Gasteiger partial charge in [0.2, 0.25) is 5.91 Å². The SMILES string of the molecule is COC[C@H](NC(=O)OCC1c2ccccc2-c2ccccc21)C(=O)Nc1ccc(O)cc1C(=O)O. The van der Waals surface area contributed by atoms with Gasteiger partial charge >= 0.3 is 12.1 Å². The maximum atomic E-state index is 12.8. The third kappa shape index (κ3) is 5.10. The predicted octanol–water partition coefficient (Wildman–Crippen LogP) is 3.58. The molecule has 180 valence electrons. The highest BCUT2D eigenvalue weighted by molar-refractivity contribution is 6.03. The largest absolute Gasteiger partial charge is 0.508 e. The molecule has 4 rings (SSSR count). The molecule has 1 aliphatic rings. The summed E-state index contributed by atoms with van der Waals surface area (Å²) in [6.07, 6.45) is -0.812. The van der Waals surface area contributed by atoms with E-state index < -0.39 is 24.0 Å². The normalized spacial score (nSPS) is 12.8. The van der Waals surface area contributed by atoms with Crippen molar-refractivity contribution in [3.8, 4) is 16.9 Å². The zero-order chi connectivity index (χ0) is 24.9. The molecule has 0 unspecified atom stereocenters. The number of alkyl carbamates (subject to hydrolysis) is 1. The molecule has 0 aliphatic heterocycles. The summed E-state index contributed by atoms with van der Waals surface area (Å²) in [6, 6.07) is 18.2. The van der Waals surface area contributed by atoms with E-state index in [-0.39, 0.29) is 36.1 Å². The van der Waals surface area contributed by atoms with Crippen LogP contribution in [0.4, 0.5) is 10.5 Å². The number of benzene rings is 3. The monoisotopic (exact) mass is 476 g/mol.